The van der Waals surface area contributed by atoms with E-state index in [1.165, 1.54) is 7.11 Å². The van der Waals surface area contributed by atoms with Crippen molar-refractivity contribution in [3.63, 3.8) is 0 Å². The van der Waals surface area contributed by atoms with Crippen LogP contribution < -0.4 is 4.74 Å². The quantitative estimate of drug-likeness (QED) is 0.633. The summed E-state index contributed by atoms with van der Waals surface area (Å²) in [6.45, 7) is 0.522. The number of allylic oxidation sites excluding steroid dienone is 2. The highest BCUT2D eigenvalue weighted by atomic mass is 16.5. The number of hydrogen-bond acceptors (Lipinski definition) is 5. The third-order valence-corrected chi connectivity index (χ3v) is 4.56. The predicted octanol–water partition coefficient (Wildman–Crippen LogP) is 2.61. The van der Waals surface area contributed by atoms with Crippen LogP contribution in [0.15, 0.2) is 35.6 Å². The molecule has 0 saturated heterocycles. The van der Waals surface area contributed by atoms with Crippen LogP contribution >= 0.6 is 0 Å². The van der Waals surface area contributed by atoms with Crippen molar-refractivity contribution >= 4 is 11.8 Å². The van der Waals surface area contributed by atoms with Gasteiger partial charge in [0.2, 0.25) is 5.78 Å². The fraction of sp³-hybridized carbons (Fsp3) is 0.444. The molecule has 3 rings (SSSR count). The fourth-order valence-corrected chi connectivity index (χ4v) is 3.37. The minimum Gasteiger partial charge on any atom is -0.497 e. The molecule has 2 atom stereocenters. The molecule has 0 fully saturated rings. The lowest BCUT2D eigenvalue weighted by atomic mass is 9.74. The molecule has 0 radical (unpaired) electrons. The molecule has 0 amide bonds. The molecule has 0 N–H and O–H groups in total. The van der Waals surface area contributed by atoms with E-state index < -0.39 is 11.9 Å². The van der Waals surface area contributed by atoms with Crippen molar-refractivity contribution in [2.24, 2.45) is 5.92 Å². The van der Waals surface area contributed by atoms with Gasteiger partial charge in [-0.2, -0.15) is 0 Å². The van der Waals surface area contributed by atoms with Crippen molar-refractivity contribution in [2.45, 2.75) is 25.2 Å². The molecule has 1 aromatic carbocycles. The summed E-state index contributed by atoms with van der Waals surface area (Å²) >= 11 is 0. The molecule has 2 unspecified atom stereocenters. The highest BCUT2D eigenvalue weighted by molar-refractivity contribution is 6.08. The fourth-order valence-electron chi connectivity index (χ4n) is 3.37. The van der Waals surface area contributed by atoms with E-state index in [0.29, 0.717) is 18.8 Å². The summed E-state index contributed by atoms with van der Waals surface area (Å²) in [6, 6.07) is 7.74. The van der Waals surface area contributed by atoms with Gasteiger partial charge in [-0.05, 0) is 42.5 Å². The Bertz CT molecular complexity index is 644. The van der Waals surface area contributed by atoms with Crippen LogP contribution in [-0.4, -0.2) is 32.6 Å². The normalized spacial score (nSPS) is 23.8. The van der Waals surface area contributed by atoms with Crippen LogP contribution in [0.3, 0.4) is 0 Å². The number of carbonyl (C=O) groups is 2. The lowest BCUT2D eigenvalue weighted by molar-refractivity contribution is -0.150. The molecular weight excluding hydrogens is 296 g/mol. The lowest BCUT2D eigenvalue weighted by Gasteiger charge is -2.34. The molecule has 23 heavy (non-hydrogen) atoms. The van der Waals surface area contributed by atoms with Crippen LogP contribution in [0.1, 0.15) is 30.7 Å². The Kier molecular flexibility index (Phi) is 4.37. The number of ketones is 1. The Hall–Kier alpha value is -2.30. The molecule has 5 heteroatoms. The number of Topliss-reactive ketones (excluding diaryl/α,β-unsaturated/α-hetero) is 1. The average Bonchev–Trinajstić information content (AvgIpc) is 2.62. The minimum atomic E-state index is -0.788. The largest absolute Gasteiger partial charge is 0.497 e. The van der Waals surface area contributed by atoms with Gasteiger partial charge < -0.3 is 14.2 Å². The van der Waals surface area contributed by atoms with Gasteiger partial charge in [-0.3, -0.25) is 9.59 Å². The number of methoxy groups -OCH3 is 2. The molecule has 122 valence electrons. The van der Waals surface area contributed by atoms with Crippen molar-refractivity contribution in [3.8, 4) is 5.75 Å². The Morgan fingerprint density at radius 2 is 1.96 bits per heavy atom. The monoisotopic (exact) mass is 316 g/mol. The third-order valence-electron chi connectivity index (χ3n) is 4.56. The number of esters is 1. The topological polar surface area (TPSA) is 61.8 Å². The van der Waals surface area contributed by atoms with Gasteiger partial charge in [0.05, 0.1) is 20.8 Å². The van der Waals surface area contributed by atoms with Gasteiger partial charge in [0, 0.05) is 5.92 Å². The molecule has 1 aromatic rings. The summed E-state index contributed by atoms with van der Waals surface area (Å²) in [7, 11) is 2.93. The van der Waals surface area contributed by atoms with Crippen LogP contribution in [-0.2, 0) is 19.1 Å². The zero-order valence-corrected chi connectivity index (χ0v) is 13.3. The highest BCUT2D eigenvalue weighted by Crippen LogP contribution is 2.43. The summed E-state index contributed by atoms with van der Waals surface area (Å²) in [5.74, 6) is -0.370. The predicted molar refractivity (Wildman–Crippen MR) is 83.1 cm³/mol. The van der Waals surface area contributed by atoms with Gasteiger partial charge in [0.1, 0.15) is 11.7 Å². The summed E-state index contributed by atoms with van der Waals surface area (Å²) < 4.78 is 15.6. The SMILES string of the molecule is COC(=O)C1CC(c2ccc(OC)cc2)C2=C(OCCC2)C1=O. The zero-order valence-electron chi connectivity index (χ0n) is 13.3. The summed E-state index contributed by atoms with van der Waals surface area (Å²) in [6.07, 6.45) is 2.15. The van der Waals surface area contributed by atoms with E-state index in [0.717, 1.165) is 29.7 Å². The van der Waals surface area contributed by atoms with Gasteiger partial charge in [-0.15, -0.1) is 0 Å². The third kappa shape index (κ3) is 2.83. The number of ether oxygens (including phenoxy) is 3. The molecule has 1 heterocycles. The van der Waals surface area contributed by atoms with E-state index in [1.54, 1.807) is 7.11 Å². The Morgan fingerprint density at radius 3 is 2.61 bits per heavy atom. The van der Waals surface area contributed by atoms with Gasteiger partial charge in [0.15, 0.2) is 5.76 Å². The first-order chi connectivity index (χ1) is 11.2. The number of benzene rings is 1. The maximum Gasteiger partial charge on any atom is 0.316 e. The van der Waals surface area contributed by atoms with Crippen molar-refractivity contribution in [2.75, 3.05) is 20.8 Å². The zero-order chi connectivity index (χ0) is 16.4. The van der Waals surface area contributed by atoms with Gasteiger partial charge in [0.25, 0.3) is 0 Å². The van der Waals surface area contributed by atoms with Crippen LogP contribution in [0.4, 0.5) is 0 Å². The van der Waals surface area contributed by atoms with E-state index in [2.05, 4.69) is 0 Å². The van der Waals surface area contributed by atoms with Crippen molar-refractivity contribution in [1.82, 2.24) is 0 Å². The van der Waals surface area contributed by atoms with Gasteiger partial charge in [-0.25, -0.2) is 0 Å². The van der Waals surface area contributed by atoms with Gasteiger partial charge >= 0.3 is 5.97 Å². The maximum absolute atomic E-state index is 12.5. The summed E-state index contributed by atoms with van der Waals surface area (Å²) in [5.41, 5.74) is 2.07. The molecule has 0 bridgehead atoms. The second-order valence-corrected chi connectivity index (χ2v) is 5.81. The molecule has 0 saturated carbocycles. The minimum absolute atomic E-state index is 0.00185. The molecule has 2 aliphatic rings. The van der Waals surface area contributed by atoms with E-state index in [4.69, 9.17) is 14.2 Å². The van der Waals surface area contributed by atoms with Crippen molar-refractivity contribution < 1.29 is 23.8 Å². The first-order valence-corrected chi connectivity index (χ1v) is 7.77. The number of rotatable bonds is 3. The second kappa shape index (κ2) is 6.44. The highest BCUT2D eigenvalue weighted by Gasteiger charge is 2.42. The van der Waals surface area contributed by atoms with Crippen LogP contribution in [0.2, 0.25) is 0 Å². The van der Waals surface area contributed by atoms with E-state index in [-0.39, 0.29) is 11.7 Å². The first-order valence-electron chi connectivity index (χ1n) is 7.77. The van der Waals surface area contributed by atoms with E-state index in [1.807, 2.05) is 24.3 Å². The second-order valence-electron chi connectivity index (χ2n) is 5.81. The number of hydrogen-bond donors (Lipinski definition) is 0. The number of carbonyl (C=O) groups excluding carboxylic acids is 2. The lowest BCUT2D eigenvalue weighted by Crippen LogP contribution is -2.36. The Morgan fingerprint density at radius 1 is 1.22 bits per heavy atom. The van der Waals surface area contributed by atoms with Crippen LogP contribution in [0.5, 0.6) is 5.75 Å². The molecule has 1 aliphatic heterocycles. The first kappa shape index (κ1) is 15.6. The molecular formula is C18H20O5. The Labute approximate surface area is 135 Å². The summed E-state index contributed by atoms with van der Waals surface area (Å²) in [5, 5.41) is 0. The summed E-state index contributed by atoms with van der Waals surface area (Å²) in [4.78, 5) is 24.5. The van der Waals surface area contributed by atoms with Crippen LogP contribution in [0.25, 0.3) is 0 Å². The molecule has 0 spiro atoms. The molecule has 5 nitrogen and oxygen atoms in total. The van der Waals surface area contributed by atoms with E-state index in [9.17, 15) is 9.59 Å². The van der Waals surface area contributed by atoms with E-state index >= 15 is 0 Å². The van der Waals surface area contributed by atoms with Crippen molar-refractivity contribution in [3.05, 3.63) is 41.2 Å². The smallest absolute Gasteiger partial charge is 0.316 e. The molecule has 1 aliphatic carbocycles. The maximum atomic E-state index is 12.5. The van der Waals surface area contributed by atoms with Crippen LogP contribution in [0, 0.1) is 5.92 Å². The Balaban J connectivity index is 2.00. The standard InChI is InChI=1S/C18H20O5/c1-21-12-7-5-11(6-8-12)14-10-15(18(20)22-2)16(19)17-13(14)4-3-9-23-17/h5-8,14-15H,3-4,9-10H2,1-2H3. The average molecular weight is 316 g/mol. The molecule has 0 aromatic heterocycles. The van der Waals surface area contributed by atoms with Crippen molar-refractivity contribution in [1.29, 1.82) is 0 Å². The van der Waals surface area contributed by atoms with Gasteiger partial charge in [-0.1, -0.05) is 12.1 Å².